The lowest BCUT2D eigenvalue weighted by Crippen LogP contribution is -2.22. The van der Waals surface area contributed by atoms with Crippen molar-refractivity contribution in [3.05, 3.63) is 47.5 Å². The summed E-state index contributed by atoms with van der Waals surface area (Å²) in [7, 11) is 3.30. The molecule has 0 radical (unpaired) electrons. The van der Waals surface area contributed by atoms with Crippen molar-refractivity contribution in [2.45, 2.75) is 13.5 Å². The van der Waals surface area contributed by atoms with Gasteiger partial charge in [0.15, 0.2) is 5.69 Å². The van der Waals surface area contributed by atoms with Gasteiger partial charge in [0.05, 0.1) is 0 Å². The van der Waals surface area contributed by atoms with Crippen LogP contribution in [0.1, 0.15) is 23.0 Å². The Morgan fingerprint density at radius 3 is 2.76 bits per heavy atom. The van der Waals surface area contributed by atoms with E-state index in [1.54, 1.807) is 32.4 Å². The minimum absolute atomic E-state index is 0.210. The smallest absolute Gasteiger partial charge is 0.273 e. The number of rotatable bonds is 5. The van der Waals surface area contributed by atoms with Crippen molar-refractivity contribution in [2.75, 3.05) is 20.6 Å². The first-order valence-electron chi connectivity index (χ1n) is 6.79. The number of amides is 1. The highest BCUT2D eigenvalue weighted by molar-refractivity contribution is 5.91. The summed E-state index contributed by atoms with van der Waals surface area (Å²) < 4.78 is 15.5. The number of nitrogens with zero attached hydrogens (tertiary/aromatic N) is 3. The molecule has 0 saturated heterocycles. The summed E-state index contributed by atoms with van der Waals surface area (Å²) in [5.41, 5.74) is 1.49. The lowest BCUT2D eigenvalue weighted by Gasteiger charge is -2.08. The molecule has 1 heterocycles. The van der Waals surface area contributed by atoms with E-state index in [-0.39, 0.29) is 17.4 Å². The van der Waals surface area contributed by atoms with Crippen LogP contribution in [0.3, 0.4) is 0 Å². The third kappa shape index (κ3) is 3.46. The van der Waals surface area contributed by atoms with Crippen LogP contribution in [0.2, 0.25) is 0 Å². The molecule has 21 heavy (non-hydrogen) atoms. The molecule has 1 amide bonds. The fourth-order valence-electron chi connectivity index (χ4n) is 1.92. The number of benzene rings is 1. The second-order valence-electron chi connectivity index (χ2n) is 4.91. The average Bonchev–Trinajstić information content (AvgIpc) is 2.93. The van der Waals surface area contributed by atoms with E-state index >= 15 is 0 Å². The Morgan fingerprint density at radius 1 is 1.38 bits per heavy atom. The highest BCUT2D eigenvalue weighted by atomic mass is 19.1. The van der Waals surface area contributed by atoms with Crippen LogP contribution >= 0.6 is 0 Å². The predicted molar refractivity (Wildman–Crippen MR) is 78.9 cm³/mol. The van der Waals surface area contributed by atoms with Crippen LogP contribution < -0.4 is 5.32 Å². The molecule has 0 atom stereocenters. The average molecular weight is 290 g/mol. The quantitative estimate of drug-likeness (QED) is 0.914. The van der Waals surface area contributed by atoms with Crippen molar-refractivity contribution in [1.82, 2.24) is 20.0 Å². The van der Waals surface area contributed by atoms with Gasteiger partial charge in [-0.25, -0.2) is 9.07 Å². The number of hydrogen-bond donors (Lipinski definition) is 1. The van der Waals surface area contributed by atoms with Crippen LogP contribution in [0.25, 0.3) is 5.69 Å². The Kier molecular flexibility index (Phi) is 4.70. The molecule has 2 aromatic rings. The molecule has 1 aromatic heterocycles. The van der Waals surface area contributed by atoms with Crippen molar-refractivity contribution in [2.24, 2.45) is 0 Å². The number of carbonyl (C=O) groups excluding carboxylic acids is 1. The summed E-state index contributed by atoms with van der Waals surface area (Å²) in [4.78, 5) is 13.2. The summed E-state index contributed by atoms with van der Waals surface area (Å²) in [5, 5.41) is 7.27. The molecular weight excluding hydrogens is 271 g/mol. The number of carbonyl (C=O) groups is 1. The Hall–Kier alpha value is -2.21. The maximum absolute atomic E-state index is 14.1. The van der Waals surface area contributed by atoms with Gasteiger partial charge in [-0.15, -0.1) is 0 Å². The zero-order valence-electron chi connectivity index (χ0n) is 12.4. The molecular formula is C15H19FN4O. The Bertz CT molecular complexity index is 636. The van der Waals surface area contributed by atoms with E-state index < -0.39 is 0 Å². The van der Waals surface area contributed by atoms with E-state index in [0.717, 1.165) is 12.1 Å². The van der Waals surface area contributed by atoms with E-state index in [1.165, 1.54) is 15.6 Å². The second-order valence-corrected chi connectivity index (χ2v) is 4.91. The monoisotopic (exact) mass is 290 g/mol. The largest absolute Gasteiger partial charge is 0.343 e. The molecule has 1 N–H and O–H groups in total. The maximum atomic E-state index is 14.1. The van der Waals surface area contributed by atoms with Crippen molar-refractivity contribution < 1.29 is 9.18 Å². The number of hydrogen-bond acceptors (Lipinski definition) is 3. The van der Waals surface area contributed by atoms with Gasteiger partial charge in [-0.2, -0.15) is 5.10 Å². The second kappa shape index (κ2) is 6.49. The van der Waals surface area contributed by atoms with Crippen molar-refractivity contribution in [3.63, 3.8) is 0 Å². The van der Waals surface area contributed by atoms with Gasteiger partial charge < -0.3 is 10.2 Å². The number of nitrogens with one attached hydrogen (secondary N) is 1. The topological polar surface area (TPSA) is 50.2 Å². The summed E-state index contributed by atoms with van der Waals surface area (Å²) in [6, 6.07) is 6.57. The van der Waals surface area contributed by atoms with Crippen molar-refractivity contribution >= 4 is 5.91 Å². The lowest BCUT2D eigenvalue weighted by molar-refractivity contribution is 0.0821. The summed E-state index contributed by atoms with van der Waals surface area (Å²) in [6.07, 6.45) is 1.58. The fourth-order valence-corrected chi connectivity index (χ4v) is 1.92. The standard InChI is InChI=1S/C15H19FN4O/c1-4-17-10-11-5-6-14(12(16)9-11)20-8-7-13(18-20)15(21)19(2)3/h5-9,17H,4,10H2,1-3H3. The Labute approximate surface area is 123 Å². The van der Waals surface area contributed by atoms with Crippen LogP contribution in [0.15, 0.2) is 30.5 Å². The van der Waals surface area contributed by atoms with Gasteiger partial charge in [-0.05, 0) is 30.3 Å². The van der Waals surface area contributed by atoms with Crippen molar-refractivity contribution in [3.8, 4) is 5.69 Å². The molecule has 0 unspecified atom stereocenters. The number of aromatic nitrogens is 2. The maximum Gasteiger partial charge on any atom is 0.273 e. The molecule has 0 aliphatic heterocycles. The third-order valence-electron chi connectivity index (χ3n) is 3.05. The molecule has 2 rings (SSSR count). The number of halogens is 1. The fraction of sp³-hybridized carbons (Fsp3) is 0.333. The van der Waals surface area contributed by atoms with Crippen LogP contribution in [0.5, 0.6) is 0 Å². The Morgan fingerprint density at radius 2 is 2.14 bits per heavy atom. The van der Waals surface area contributed by atoms with Crippen LogP contribution in [0.4, 0.5) is 4.39 Å². The molecule has 6 heteroatoms. The first kappa shape index (κ1) is 15.2. The summed E-state index contributed by atoms with van der Waals surface area (Å²) >= 11 is 0. The predicted octanol–water partition coefficient (Wildman–Crippen LogP) is 1.82. The van der Waals surface area contributed by atoms with Gasteiger partial charge in [-0.1, -0.05) is 13.0 Å². The SMILES string of the molecule is CCNCc1ccc(-n2ccc(C(=O)N(C)C)n2)c(F)c1. The van der Waals surface area contributed by atoms with Crippen LogP contribution in [-0.2, 0) is 6.54 Å². The molecule has 5 nitrogen and oxygen atoms in total. The third-order valence-corrected chi connectivity index (χ3v) is 3.05. The molecule has 0 spiro atoms. The van der Waals surface area contributed by atoms with Gasteiger partial charge in [0, 0.05) is 26.8 Å². The first-order chi connectivity index (χ1) is 10.0. The molecule has 0 bridgehead atoms. The Balaban J connectivity index is 2.24. The van der Waals surface area contributed by atoms with Gasteiger partial charge in [0.25, 0.3) is 5.91 Å². The van der Waals surface area contributed by atoms with E-state index in [0.29, 0.717) is 12.2 Å². The summed E-state index contributed by atoms with van der Waals surface area (Å²) in [5.74, 6) is -0.574. The lowest BCUT2D eigenvalue weighted by atomic mass is 10.2. The first-order valence-corrected chi connectivity index (χ1v) is 6.79. The molecule has 0 fully saturated rings. The van der Waals surface area contributed by atoms with E-state index in [2.05, 4.69) is 10.4 Å². The highest BCUT2D eigenvalue weighted by Crippen LogP contribution is 2.15. The van der Waals surface area contributed by atoms with Gasteiger partial charge in [0.2, 0.25) is 0 Å². The van der Waals surface area contributed by atoms with Crippen molar-refractivity contribution in [1.29, 1.82) is 0 Å². The van der Waals surface area contributed by atoms with Crippen LogP contribution in [0, 0.1) is 5.82 Å². The van der Waals surface area contributed by atoms with E-state index in [1.807, 2.05) is 13.0 Å². The van der Waals surface area contributed by atoms with Crippen LogP contribution in [-0.4, -0.2) is 41.2 Å². The zero-order chi connectivity index (χ0) is 15.4. The summed E-state index contributed by atoms with van der Waals surface area (Å²) in [6.45, 7) is 3.45. The van der Waals surface area contributed by atoms with E-state index in [9.17, 15) is 9.18 Å². The molecule has 0 aliphatic carbocycles. The highest BCUT2D eigenvalue weighted by Gasteiger charge is 2.13. The zero-order valence-corrected chi connectivity index (χ0v) is 12.4. The molecule has 0 saturated carbocycles. The minimum atomic E-state index is -0.364. The molecule has 1 aromatic carbocycles. The normalized spacial score (nSPS) is 10.7. The van der Waals surface area contributed by atoms with Gasteiger partial charge in [0.1, 0.15) is 11.5 Å². The minimum Gasteiger partial charge on any atom is -0.343 e. The van der Waals surface area contributed by atoms with Gasteiger partial charge >= 0.3 is 0 Å². The molecule has 0 aliphatic rings. The van der Waals surface area contributed by atoms with E-state index in [4.69, 9.17) is 0 Å². The molecule has 112 valence electrons. The van der Waals surface area contributed by atoms with Gasteiger partial charge in [-0.3, -0.25) is 4.79 Å².